The molecule has 1 aliphatic rings. The quantitative estimate of drug-likeness (QED) is 0.725. The number of ether oxygens (including phenoxy) is 1. The molecular weight excluding hydrogens is 384 g/mol. The van der Waals surface area contributed by atoms with Gasteiger partial charge >= 0.3 is 0 Å². The fraction of sp³-hybridized carbons (Fsp3) is 0.318. The predicted molar refractivity (Wildman–Crippen MR) is 114 cm³/mol. The zero-order chi connectivity index (χ0) is 21.3. The van der Waals surface area contributed by atoms with Gasteiger partial charge in [-0.1, -0.05) is 30.3 Å². The smallest absolute Gasteiger partial charge is 0.257 e. The normalized spacial score (nSPS) is 13.7. The fourth-order valence-electron chi connectivity index (χ4n) is 3.14. The van der Waals surface area contributed by atoms with Crippen LogP contribution in [0.5, 0.6) is 0 Å². The third kappa shape index (κ3) is 6.13. The third-order valence-corrected chi connectivity index (χ3v) is 4.66. The number of hydrogen-bond acceptors (Lipinski definition) is 5. The van der Waals surface area contributed by atoms with E-state index in [-0.39, 0.29) is 30.8 Å². The van der Waals surface area contributed by atoms with Gasteiger partial charge in [-0.2, -0.15) is 0 Å². The van der Waals surface area contributed by atoms with Crippen LogP contribution in [0.2, 0.25) is 0 Å². The highest BCUT2D eigenvalue weighted by molar-refractivity contribution is 6.10. The van der Waals surface area contributed by atoms with E-state index in [4.69, 9.17) is 4.74 Å². The molecule has 2 aromatic carbocycles. The number of benzene rings is 2. The number of anilines is 2. The molecule has 1 fully saturated rings. The van der Waals surface area contributed by atoms with Crippen LogP contribution < -0.4 is 10.6 Å². The molecule has 0 radical (unpaired) electrons. The number of amides is 3. The number of nitrogens with zero attached hydrogens (tertiary/aromatic N) is 2. The Bertz CT molecular complexity index is 882. The Kier molecular flexibility index (Phi) is 7.53. The maximum atomic E-state index is 12.6. The number of para-hydroxylation sites is 2. The van der Waals surface area contributed by atoms with Crippen LogP contribution >= 0.6 is 0 Å². The summed E-state index contributed by atoms with van der Waals surface area (Å²) in [4.78, 5) is 40.8. The van der Waals surface area contributed by atoms with Crippen molar-refractivity contribution in [2.24, 2.45) is 0 Å². The standard InChI is InChI=1S/C22H26N4O4/c1-25(16-21(28)26-11-13-30-14-12-26)15-20(27)24-19-10-6-5-9-18(19)22(29)23-17-7-3-2-4-8-17/h2-10H,11-16H2,1H3,(H,23,29)(H,24,27). The summed E-state index contributed by atoms with van der Waals surface area (Å²) in [6, 6.07) is 15.9. The van der Waals surface area contributed by atoms with E-state index < -0.39 is 0 Å². The summed E-state index contributed by atoms with van der Waals surface area (Å²) in [5.74, 6) is -0.642. The number of rotatable bonds is 7. The van der Waals surface area contributed by atoms with Crippen molar-refractivity contribution in [1.29, 1.82) is 0 Å². The molecule has 158 valence electrons. The Labute approximate surface area is 175 Å². The van der Waals surface area contributed by atoms with Crippen molar-refractivity contribution < 1.29 is 19.1 Å². The zero-order valence-corrected chi connectivity index (χ0v) is 17.0. The Morgan fingerprint density at radius 3 is 2.33 bits per heavy atom. The zero-order valence-electron chi connectivity index (χ0n) is 17.0. The van der Waals surface area contributed by atoms with Gasteiger partial charge in [-0.05, 0) is 31.3 Å². The Hall–Kier alpha value is -3.23. The van der Waals surface area contributed by atoms with E-state index in [9.17, 15) is 14.4 Å². The van der Waals surface area contributed by atoms with Gasteiger partial charge < -0.3 is 20.3 Å². The molecular formula is C22H26N4O4. The molecule has 2 aromatic rings. The first-order valence-electron chi connectivity index (χ1n) is 9.82. The molecule has 8 nitrogen and oxygen atoms in total. The molecule has 3 amide bonds. The SMILES string of the molecule is CN(CC(=O)Nc1ccccc1C(=O)Nc1ccccc1)CC(=O)N1CCOCC1. The first-order valence-corrected chi connectivity index (χ1v) is 9.82. The first kappa shape index (κ1) is 21.5. The molecule has 0 aromatic heterocycles. The van der Waals surface area contributed by atoms with Crippen molar-refractivity contribution in [2.75, 3.05) is 57.1 Å². The summed E-state index contributed by atoms with van der Waals surface area (Å²) >= 11 is 0. The van der Waals surface area contributed by atoms with Crippen LogP contribution in [0, 0.1) is 0 Å². The molecule has 0 bridgehead atoms. The summed E-state index contributed by atoms with van der Waals surface area (Å²) in [5.41, 5.74) is 1.45. The van der Waals surface area contributed by atoms with Crippen LogP contribution in [0.3, 0.4) is 0 Å². The molecule has 0 atom stereocenters. The van der Waals surface area contributed by atoms with E-state index in [1.54, 1.807) is 53.2 Å². The van der Waals surface area contributed by atoms with Gasteiger partial charge in [0.2, 0.25) is 11.8 Å². The Morgan fingerprint density at radius 1 is 0.933 bits per heavy atom. The molecule has 0 unspecified atom stereocenters. The lowest BCUT2D eigenvalue weighted by Crippen LogP contribution is -2.46. The second kappa shape index (κ2) is 10.5. The largest absolute Gasteiger partial charge is 0.378 e. The van der Waals surface area contributed by atoms with Crippen molar-refractivity contribution in [1.82, 2.24) is 9.80 Å². The summed E-state index contributed by atoms with van der Waals surface area (Å²) in [5, 5.41) is 5.59. The Balaban J connectivity index is 1.56. The minimum Gasteiger partial charge on any atom is -0.378 e. The predicted octanol–water partition coefficient (Wildman–Crippen LogP) is 1.67. The molecule has 1 saturated heterocycles. The highest BCUT2D eigenvalue weighted by Crippen LogP contribution is 2.17. The molecule has 0 spiro atoms. The van der Waals surface area contributed by atoms with Crippen molar-refractivity contribution in [3.8, 4) is 0 Å². The summed E-state index contributed by atoms with van der Waals surface area (Å²) < 4.78 is 5.25. The van der Waals surface area contributed by atoms with Gasteiger partial charge in [0.15, 0.2) is 0 Å². The van der Waals surface area contributed by atoms with Crippen molar-refractivity contribution in [3.05, 3.63) is 60.2 Å². The minimum absolute atomic E-state index is 0.0313. The lowest BCUT2D eigenvalue weighted by atomic mass is 10.1. The molecule has 0 saturated carbocycles. The number of hydrogen-bond donors (Lipinski definition) is 2. The first-order chi connectivity index (χ1) is 14.5. The van der Waals surface area contributed by atoms with Gasteiger partial charge in [-0.25, -0.2) is 0 Å². The highest BCUT2D eigenvalue weighted by Gasteiger charge is 2.20. The van der Waals surface area contributed by atoms with Crippen LogP contribution in [0.15, 0.2) is 54.6 Å². The van der Waals surface area contributed by atoms with Crippen LogP contribution in [0.25, 0.3) is 0 Å². The summed E-state index contributed by atoms with van der Waals surface area (Å²) in [7, 11) is 1.71. The second-order valence-electron chi connectivity index (χ2n) is 7.08. The Morgan fingerprint density at radius 2 is 1.60 bits per heavy atom. The molecule has 1 aliphatic heterocycles. The van der Waals surface area contributed by atoms with Crippen molar-refractivity contribution >= 4 is 29.1 Å². The molecule has 1 heterocycles. The molecule has 2 N–H and O–H groups in total. The average molecular weight is 410 g/mol. The van der Waals surface area contributed by atoms with E-state index in [0.29, 0.717) is 43.2 Å². The van der Waals surface area contributed by atoms with Crippen molar-refractivity contribution in [2.45, 2.75) is 0 Å². The maximum Gasteiger partial charge on any atom is 0.257 e. The van der Waals surface area contributed by atoms with Gasteiger partial charge in [-0.3, -0.25) is 19.3 Å². The van der Waals surface area contributed by atoms with Gasteiger partial charge in [0.05, 0.1) is 37.6 Å². The maximum absolute atomic E-state index is 12.6. The van der Waals surface area contributed by atoms with E-state index in [2.05, 4.69) is 10.6 Å². The number of carbonyl (C=O) groups is 3. The van der Waals surface area contributed by atoms with E-state index in [0.717, 1.165) is 0 Å². The van der Waals surface area contributed by atoms with Crippen LogP contribution in [0.4, 0.5) is 11.4 Å². The van der Waals surface area contributed by atoms with E-state index >= 15 is 0 Å². The molecule has 30 heavy (non-hydrogen) atoms. The fourth-order valence-corrected chi connectivity index (χ4v) is 3.14. The average Bonchev–Trinajstić information content (AvgIpc) is 2.75. The minimum atomic E-state index is -0.312. The van der Waals surface area contributed by atoms with E-state index in [1.165, 1.54) is 0 Å². The monoisotopic (exact) mass is 410 g/mol. The molecule has 0 aliphatic carbocycles. The van der Waals surface area contributed by atoms with Gasteiger partial charge in [0.25, 0.3) is 5.91 Å². The lowest BCUT2D eigenvalue weighted by molar-refractivity contribution is -0.136. The van der Waals surface area contributed by atoms with Crippen LogP contribution in [0.1, 0.15) is 10.4 Å². The third-order valence-electron chi connectivity index (χ3n) is 4.66. The van der Waals surface area contributed by atoms with Gasteiger partial charge in [0.1, 0.15) is 0 Å². The number of likely N-dealkylation sites (N-methyl/N-ethyl adjacent to an activating group) is 1. The summed E-state index contributed by atoms with van der Waals surface area (Å²) in [6.07, 6.45) is 0. The van der Waals surface area contributed by atoms with Crippen molar-refractivity contribution in [3.63, 3.8) is 0 Å². The number of carbonyl (C=O) groups excluding carboxylic acids is 3. The number of morpholine rings is 1. The van der Waals surface area contributed by atoms with Gasteiger partial charge in [-0.15, -0.1) is 0 Å². The summed E-state index contributed by atoms with van der Waals surface area (Å²) in [6.45, 7) is 2.40. The second-order valence-corrected chi connectivity index (χ2v) is 7.08. The van der Waals surface area contributed by atoms with E-state index in [1.807, 2.05) is 18.2 Å². The number of nitrogens with one attached hydrogen (secondary N) is 2. The lowest BCUT2D eigenvalue weighted by Gasteiger charge is -2.28. The molecule has 3 rings (SSSR count). The topological polar surface area (TPSA) is 91.0 Å². The van der Waals surface area contributed by atoms with Crippen LogP contribution in [-0.2, 0) is 14.3 Å². The van der Waals surface area contributed by atoms with Gasteiger partial charge in [0, 0.05) is 18.8 Å². The highest BCUT2D eigenvalue weighted by atomic mass is 16.5. The van der Waals surface area contributed by atoms with Crippen LogP contribution in [-0.4, -0.2) is 74.0 Å². The molecule has 8 heteroatoms.